The van der Waals surface area contributed by atoms with Crippen molar-refractivity contribution in [1.29, 1.82) is 5.26 Å². The second kappa shape index (κ2) is 11.2. The van der Waals surface area contributed by atoms with Crippen molar-refractivity contribution in [2.24, 2.45) is 5.92 Å². The highest BCUT2D eigenvalue weighted by atomic mass is 79.9. The molecule has 0 unspecified atom stereocenters. The minimum atomic E-state index is -0.234. The number of nitriles is 1. The number of nitrogens with zero attached hydrogens (tertiary/aromatic N) is 2. The average Bonchev–Trinajstić information content (AvgIpc) is 2.65. The molecule has 0 spiro atoms. The Kier molecular flexibility index (Phi) is 8.89. The smallest absolute Gasteiger partial charge is 0.234 e. The maximum atomic E-state index is 12.3. The standard InChI is InChI=1S/C19H23BrClN3O3/c20-15-3-4-17(16(21)12-15)27-11-1-2-19(26)24-9-6-14(7-10-24)13-23-18(25)5-8-22/h3-4,12,14H,1-2,5-7,9-11,13H2,(H,23,25). The molecular formula is C19H23BrClN3O3. The van der Waals surface area contributed by atoms with E-state index in [-0.39, 0.29) is 18.2 Å². The van der Waals surface area contributed by atoms with Crippen LogP contribution in [-0.2, 0) is 9.59 Å². The number of rotatable bonds is 8. The van der Waals surface area contributed by atoms with Crippen molar-refractivity contribution in [1.82, 2.24) is 10.2 Å². The van der Waals surface area contributed by atoms with Gasteiger partial charge in [0.25, 0.3) is 0 Å². The summed E-state index contributed by atoms with van der Waals surface area (Å²) in [5, 5.41) is 11.8. The predicted molar refractivity (Wildman–Crippen MR) is 106 cm³/mol. The fraction of sp³-hybridized carbons (Fsp3) is 0.526. The van der Waals surface area contributed by atoms with E-state index in [2.05, 4.69) is 21.2 Å². The van der Waals surface area contributed by atoms with Crippen LogP contribution in [-0.4, -0.2) is 43.0 Å². The highest BCUT2D eigenvalue weighted by molar-refractivity contribution is 9.10. The highest BCUT2D eigenvalue weighted by Crippen LogP contribution is 2.27. The molecule has 1 aliphatic rings. The molecule has 0 atom stereocenters. The topological polar surface area (TPSA) is 82.4 Å². The number of benzene rings is 1. The van der Waals surface area contributed by atoms with E-state index in [1.807, 2.05) is 17.0 Å². The third-order valence-electron chi connectivity index (χ3n) is 4.48. The molecular weight excluding hydrogens is 434 g/mol. The monoisotopic (exact) mass is 455 g/mol. The van der Waals surface area contributed by atoms with E-state index in [1.54, 1.807) is 12.1 Å². The van der Waals surface area contributed by atoms with Crippen LogP contribution in [0, 0.1) is 17.2 Å². The molecule has 1 heterocycles. The zero-order valence-corrected chi connectivity index (χ0v) is 17.4. The normalized spacial score (nSPS) is 14.5. The van der Waals surface area contributed by atoms with E-state index in [0.29, 0.717) is 55.8 Å². The third-order valence-corrected chi connectivity index (χ3v) is 5.27. The quantitative estimate of drug-likeness (QED) is 0.607. The van der Waals surface area contributed by atoms with Gasteiger partial charge in [-0.25, -0.2) is 0 Å². The van der Waals surface area contributed by atoms with Gasteiger partial charge in [0.15, 0.2) is 0 Å². The third kappa shape index (κ3) is 7.39. The van der Waals surface area contributed by atoms with Crippen LogP contribution in [0.15, 0.2) is 22.7 Å². The Labute approximate surface area is 172 Å². The number of amides is 2. The van der Waals surface area contributed by atoms with Crippen molar-refractivity contribution < 1.29 is 14.3 Å². The first-order chi connectivity index (χ1) is 13.0. The first-order valence-electron chi connectivity index (χ1n) is 8.99. The largest absolute Gasteiger partial charge is 0.492 e. The fourth-order valence-electron chi connectivity index (χ4n) is 2.93. The van der Waals surface area contributed by atoms with E-state index in [4.69, 9.17) is 21.6 Å². The van der Waals surface area contributed by atoms with Crippen molar-refractivity contribution in [2.75, 3.05) is 26.2 Å². The van der Waals surface area contributed by atoms with E-state index < -0.39 is 0 Å². The molecule has 0 radical (unpaired) electrons. The molecule has 27 heavy (non-hydrogen) atoms. The number of piperidine rings is 1. The van der Waals surface area contributed by atoms with Crippen molar-refractivity contribution in [3.8, 4) is 11.8 Å². The summed E-state index contributed by atoms with van der Waals surface area (Å²) in [5.74, 6) is 0.875. The van der Waals surface area contributed by atoms with Crippen LogP contribution in [0.2, 0.25) is 5.02 Å². The molecule has 146 valence electrons. The van der Waals surface area contributed by atoms with Crippen LogP contribution >= 0.6 is 27.5 Å². The second-order valence-corrected chi connectivity index (χ2v) is 7.81. The van der Waals surface area contributed by atoms with Crippen molar-refractivity contribution in [2.45, 2.75) is 32.1 Å². The van der Waals surface area contributed by atoms with Gasteiger partial charge in [0.2, 0.25) is 11.8 Å². The Morgan fingerprint density at radius 3 is 2.78 bits per heavy atom. The number of likely N-dealkylation sites (tertiary alicyclic amines) is 1. The van der Waals surface area contributed by atoms with Crippen LogP contribution in [0.4, 0.5) is 0 Å². The molecule has 0 aromatic heterocycles. The fourth-order valence-corrected chi connectivity index (χ4v) is 3.66. The molecule has 6 nitrogen and oxygen atoms in total. The molecule has 0 aliphatic carbocycles. The van der Waals surface area contributed by atoms with Crippen LogP contribution in [0.3, 0.4) is 0 Å². The Balaban J connectivity index is 1.62. The second-order valence-electron chi connectivity index (χ2n) is 6.49. The number of hydrogen-bond acceptors (Lipinski definition) is 4. The lowest BCUT2D eigenvalue weighted by Crippen LogP contribution is -2.41. The van der Waals surface area contributed by atoms with Gasteiger partial charge in [-0.3, -0.25) is 9.59 Å². The number of halogens is 2. The molecule has 1 N–H and O–H groups in total. The maximum Gasteiger partial charge on any atom is 0.234 e. The summed E-state index contributed by atoms with van der Waals surface area (Å²) < 4.78 is 6.53. The number of hydrogen-bond donors (Lipinski definition) is 1. The van der Waals surface area contributed by atoms with Crippen molar-refractivity contribution in [3.05, 3.63) is 27.7 Å². The van der Waals surface area contributed by atoms with Gasteiger partial charge in [-0.05, 0) is 43.4 Å². The lowest BCUT2D eigenvalue weighted by atomic mass is 9.96. The zero-order valence-electron chi connectivity index (χ0n) is 15.0. The maximum absolute atomic E-state index is 12.3. The molecule has 1 aliphatic heterocycles. The number of ether oxygens (including phenoxy) is 1. The van der Waals surface area contributed by atoms with Crippen molar-refractivity contribution in [3.63, 3.8) is 0 Å². The lowest BCUT2D eigenvalue weighted by molar-refractivity contribution is -0.133. The first-order valence-corrected chi connectivity index (χ1v) is 10.2. The molecule has 0 bridgehead atoms. The van der Waals surface area contributed by atoms with Gasteiger partial charge in [0.1, 0.15) is 12.2 Å². The Bertz CT molecular complexity index is 700. The minimum Gasteiger partial charge on any atom is -0.492 e. The number of nitrogens with one attached hydrogen (secondary N) is 1. The minimum absolute atomic E-state index is 0.106. The molecule has 8 heteroatoms. The summed E-state index contributed by atoms with van der Waals surface area (Å²) >= 11 is 9.44. The Morgan fingerprint density at radius 2 is 2.11 bits per heavy atom. The molecule has 2 rings (SSSR count). The molecule has 1 aromatic carbocycles. The van der Waals surface area contributed by atoms with E-state index >= 15 is 0 Å². The summed E-state index contributed by atoms with van der Waals surface area (Å²) in [6, 6.07) is 7.27. The molecule has 2 amide bonds. The first kappa shape index (κ1) is 21.5. The molecule has 0 saturated carbocycles. The van der Waals surface area contributed by atoms with Gasteiger partial charge in [0.05, 0.1) is 17.7 Å². The summed E-state index contributed by atoms with van der Waals surface area (Å²) in [4.78, 5) is 25.5. The van der Waals surface area contributed by atoms with Gasteiger partial charge in [-0.15, -0.1) is 0 Å². The molecule has 1 fully saturated rings. The van der Waals surface area contributed by atoms with E-state index in [0.717, 1.165) is 17.3 Å². The van der Waals surface area contributed by atoms with Gasteiger partial charge in [-0.2, -0.15) is 5.26 Å². The van der Waals surface area contributed by atoms with Crippen LogP contribution in [0.1, 0.15) is 32.1 Å². The highest BCUT2D eigenvalue weighted by Gasteiger charge is 2.22. The van der Waals surface area contributed by atoms with Gasteiger partial charge >= 0.3 is 0 Å². The molecule has 1 saturated heterocycles. The summed E-state index contributed by atoms with van der Waals surface area (Å²) in [6.45, 7) is 2.42. The van der Waals surface area contributed by atoms with Gasteiger partial charge in [-0.1, -0.05) is 27.5 Å². The lowest BCUT2D eigenvalue weighted by Gasteiger charge is -2.32. The predicted octanol–water partition coefficient (Wildman–Crippen LogP) is 3.53. The Morgan fingerprint density at radius 1 is 1.37 bits per heavy atom. The zero-order chi connectivity index (χ0) is 19.6. The average molecular weight is 457 g/mol. The van der Waals surface area contributed by atoms with E-state index in [9.17, 15) is 9.59 Å². The van der Waals surface area contributed by atoms with Crippen LogP contribution in [0.25, 0.3) is 0 Å². The summed E-state index contributed by atoms with van der Waals surface area (Å²) in [7, 11) is 0. The van der Waals surface area contributed by atoms with Crippen molar-refractivity contribution >= 4 is 39.3 Å². The summed E-state index contributed by atoms with van der Waals surface area (Å²) in [5.41, 5.74) is 0. The van der Waals surface area contributed by atoms with Gasteiger partial charge in [0, 0.05) is 30.5 Å². The SMILES string of the molecule is N#CCC(=O)NCC1CCN(C(=O)CCCOc2ccc(Br)cc2Cl)CC1. The number of carbonyl (C=O) groups excluding carboxylic acids is 2. The van der Waals surface area contributed by atoms with Crippen LogP contribution in [0.5, 0.6) is 5.75 Å². The Hall–Kier alpha value is -1.78. The summed E-state index contributed by atoms with van der Waals surface area (Å²) in [6.07, 6.45) is 2.70. The van der Waals surface area contributed by atoms with E-state index in [1.165, 1.54) is 0 Å². The molecule has 1 aromatic rings. The number of carbonyl (C=O) groups is 2. The van der Waals surface area contributed by atoms with Gasteiger partial charge < -0.3 is 15.0 Å². The van der Waals surface area contributed by atoms with Crippen LogP contribution < -0.4 is 10.1 Å².